The highest BCUT2D eigenvalue weighted by molar-refractivity contribution is 5.71. The molecule has 0 bridgehead atoms. The first-order valence-electron chi connectivity index (χ1n) is 8.80. The molecule has 0 aromatic heterocycles. The Balaban J connectivity index is 0.000000405. The van der Waals surface area contributed by atoms with Gasteiger partial charge in [0.2, 0.25) is 0 Å². The molecule has 142 valence electrons. The van der Waals surface area contributed by atoms with Crippen molar-refractivity contribution >= 4 is 11.9 Å². The molecule has 2 rings (SSSR count). The van der Waals surface area contributed by atoms with Crippen LogP contribution >= 0.6 is 0 Å². The summed E-state index contributed by atoms with van der Waals surface area (Å²) in [5.41, 5.74) is 2.35. The second-order valence-corrected chi connectivity index (χ2v) is 6.05. The SMILES string of the molecule is CC(C)C(=O)OCc1ccccc1.CCCC(=O)O.Cc1ccccc1. The van der Waals surface area contributed by atoms with Crippen LogP contribution in [0.25, 0.3) is 0 Å². The fraction of sp³-hybridized carbons (Fsp3) is 0.364. The Morgan fingerprint density at radius 3 is 1.77 bits per heavy atom. The number of hydrogen-bond acceptors (Lipinski definition) is 3. The van der Waals surface area contributed by atoms with Crippen molar-refractivity contribution < 1.29 is 19.4 Å². The Morgan fingerprint density at radius 2 is 1.46 bits per heavy atom. The Morgan fingerprint density at radius 1 is 0.962 bits per heavy atom. The van der Waals surface area contributed by atoms with Gasteiger partial charge in [-0.2, -0.15) is 0 Å². The highest BCUT2D eigenvalue weighted by Crippen LogP contribution is 2.03. The molecule has 0 fully saturated rings. The van der Waals surface area contributed by atoms with Crippen LogP contribution in [0.5, 0.6) is 0 Å². The summed E-state index contributed by atoms with van der Waals surface area (Å²) in [7, 11) is 0. The van der Waals surface area contributed by atoms with Crippen molar-refractivity contribution in [3.05, 3.63) is 71.8 Å². The lowest BCUT2D eigenvalue weighted by Crippen LogP contribution is -2.11. The molecule has 0 aliphatic heterocycles. The number of carbonyl (C=O) groups excluding carboxylic acids is 1. The van der Waals surface area contributed by atoms with Gasteiger partial charge in [-0.05, 0) is 18.9 Å². The maximum atomic E-state index is 11.1. The fourth-order valence-electron chi connectivity index (χ4n) is 1.64. The van der Waals surface area contributed by atoms with Crippen molar-refractivity contribution in [2.45, 2.75) is 47.1 Å². The van der Waals surface area contributed by atoms with Crippen molar-refractivity contribution in [1.29, 1.82) is 0 Å². The maximum absolute atomic E-state index is 11.1. The molecular formula is C22H30O4. The van der Waals surface area contributed by atoms with Gasteiger partial charge in [0, 0.05) is 6.42 Å². The van der Waals surface area contributed by atoms with Gasteiger partial charge in [-0.1, -0.05) is 87.0 Å². The summed E-state index contributed by atoms with van der Waals surface area (Å²) in [6.07, 6.45) is 1.02. The van der Waals surface area contributed by atoms with Crippen molar-refractivity contribution in [3.8, 4) is 0 Å². The third kappa shape index (κ3) is 13.8. The summed E-state index contributed by atoms with van der Waals surface area (Å²) in [5, 5.41) is 7.91. The Hall–Kier alpha value is -2.62. The van der Waals surface area contributed by atoms with E-state index >= 15 is 0 Å². The van der Waals surface area contributed by atoms with E-state index in [0.717, 1.165) is 12.0 Å². The summed E-state index contributed by atoms with van der Waals surface area (Å²) in [4.78, 5) is 20.7. The van der Waals surface area contributed by atoms with Crippen LogP contribution in [0.15, 0.2) is 60.7 Å². The second-order valence-electron chi connectivity index (χ2n) is 6.05. The van der Waals surface area contributed by atoms with Gasteiger partial charge in [-0.3, -0.25) is 9.59 Å². The normalized spacial score (nSPS) is 9.27. The average molecular weight is 358 g/mol. The minimum atomic E-state index is -0.711. The number of benzene rings is 2. The third-order valence-electron chi connectivity index (χ3n) is 3.10. The lowest BCUT2D eigenvalue weighted by molar-refractivity contribution is -0.148. The topological polar surface area (TPSA) is 63.6 Å². The first kappa shape index (κ1) is 23.4. The number of rotatable bonds is 5. The summed E-state index contributed by atoms with van der Waals surface area (Å²) in [6, 6.07) is 19.9. The summed E-state index contributed by atoms with van der Waals surface area (Å²) >= 11 is 0. The number of aryl methyl sites for hydroxylation is 1. The molecule has 1 N–H and O–H groups in total. The van der Waals surface area contributed by atoms with Gasteiger partial charge in [-0.25, -0.2) is 0 Å². The lowest BCUT2D eigenvalue weighted by Gasteiger charge is -2.06. The largest absolute Gasteiger partial charge is 0.481 e. The van der Waals surface area contributed by atoms with Crippen LogP contribution in [0.1, 0.15) is 44.7 Å². The molecule has 2 aromatic carbocycles. The Labute approximate surface area is 156 Å². The second kappa shape index (κ2) is 14.7. The molecule has 0 atom stereocenters. The number of carboxylic acids is 1. The maximum Gasteiger partial charge on any atom is 0.308 e. The minimum absolute atomic E-state index is 0.0521. The predicted octanol–water partition coefficient (Wildman–Crippen LogP) is 5.25. The number of aliphatic carboxylic acids is 1. The zero-order valence-corrected chi connectivity index (χ0v) is 16.1. The van der Waals surface area contributed by atoms with Crippen LogP contribution in [0.3, 0.4) is 0 Å². The Kier molecular flexibility index (Phi) is 13.2. The highest BCUT2D eigenvalue weighted by Gasteiger charge is 2.07. The number of hydrogen-bond donors (Lipinski definition) is 1. The van der Waals surface area contributed by atoms with Gasteiger partial charge in [0.15, 0.2) is 0 Å². The molecule has 0 unspecified atom stereocenters. The molecule has 0 aliphatic carbocycles. The van der Waals surface area contributed by atoms with E-state index in [-0.39, 0.29) is 11.9 Å². The zero-order valence-electron chi connectivity index (χ0n) is 16.1. The molecule has 0 saturated heterocycles. The highest BCUT2D eigenvalue weighted by atomic mass is 16.5. The number of esters is 1. The number of carboxylic acid groups (broad SMARTS) is 1. The standard InChI is InChI=1S/C11H14O2.C7H8.C4H8O2/c1-9(2)11(12)13-8-10-6-4-3-5-7-10;1-7-5-3-2-4-6-7;1-2-3-4(5)6/h3-7,9H,8H2,1-2H3;2-6H,1H3;2-3H2,1H3,(H,5,6). The first-order chi connectivity index (χ1) is 12.4. The lowest BCUT2D eigenvalue weighted by atomic mass is 10.2. The monoisotopic (exact) mass is 358 g/mol. The van der Waals surface area contributed by atoms with Gasteiger partial charge in [-0.15, -0.1) is 0 Å². The molecular weight excluding hydrogens is 328 g/mol. The van der Waals surface area contributed by atoms with Crippen molar-refractivity contribution in [3.63, 3.8) is 0 Å². The van der Waals surface area contributed by atoms with E-state index in [4.69, 9.17) is 9.84 Å². The van der Waals surface area contributed by atoms with Crippen molar-refractivity contribution in [2.75, 3.05) is 0 Å². The van der Waals surface area contributed by atoms with Gasteiger partial charge < -0.3 is 9.84 Å². The molecule has 0 heterocycles. The van der Waals surface area contributed by atoms with Gasteiger partial charge >= 0.3 is 11.9 Å². The summed E-state index contributed by atoms with van der Waals surface area (Å²) < 4.78 is 5.05. The van der Waals surface area contributed by atoms with Crippen LogP contribution in [-0.2, 0) is 20.9 Å². The summed E-state index contributed by atoms with van der Waals surface area (Å²) in [6.45, 7) is 7.95. The third-order valence-corrected chi connectivity index (χ3v) is 3.10. The molecule has 0 spiro atoms. The van der Waals surface area contributed by atoms with E-state index in [9.17, 15) is 9.59 Å². The van der Waals surface area contributed by atoms with E-state index in [0.29, 0.717) is 13.0 Å². The van der Waals surface area contributed by atoms with Crippen molar-refractivity contribution in [1.82, 2.24) is 0 Å². The first-order valence-corrected chi connectivity index (χ1v) is 8.80. The van der Waals surface area contributed by atoms with Crippen LogP contribution in [0.4, 0.5) is 0 Å². The quantitative estimate of drug-likeness (QED) is 0.741. The van der Waals surface area contributed by atoms with Gasteiger partial charge in [0.25, 0.3) is 0 Å². The van der Waals surface area contributed by atoms with Crippen LogP contribution in [0, 0.1) is 12.8 Å². The molecule has 0 saturated carbocycles. The number of ether oxygens (including phenoxy) is 1. The molecule has 26 heavy (non-hydrogen) atoms. The molecule has 4 heteroatoms. The number of carbonyl (C=O) groups is 2. The van der Waals surface area contributed by atoms with E-state index in [1.807, 2.05) is 69.3 Å². The molecule has 0 radical (unpaired) electrons. The molecule has 0 aliphatic rings. The summed E-state index contributed by atoms with van der Waals surface area (Å²) in [5.74, 6) is -0.912. The average Bonchev–Trinajstić information content (AvgIpc) is 2.62. The van der Waals surface area contributed by atoms with Crippen molar-refractivity contribution in [2.24, 2.45) is 5.92 Å². The van der Waals surface area contributed by atoms with E-state index in [1.165, 1.54) is 5.56 Å². The van der Waals surface area contributed by atoms with Gasteiger partial charge in [0.1, 0.15) is 6.61 Å². The van der Waals surface area contributed by atoms with E-state index < -0.39 is 5.97 Å². The smallest absolute Gasteiger partial charge is 0.308 e. The predicted molar refractivity (Wildman–Crippen MR) is 105 cm³/mol. The minimum Gasteiger partial charge on any atom is -0.481 e. The van der Waals surface area contributed by atoms with E-state index in [1.54, 1.807) is 0 Å². The van der Waals surface area contributed by atoms with Crippen LogP contribution in [-0.4, -0.2) is 17.0 Å². The van der Waals surface area contributed by atoms with Gasteiger partial charge in [0.05, 0.1) is 5.92 Å². The Bertz CT molecular complexity index is 607. The molecule has 0 amide bonds. The zero-order chi connectivity index (χ0) is 19.8. The van der Waals surface area contributed by atoms with Crippen LogP contribution < -0.4 is 0 Å². The van der Waals surface area contributed by atoms with E-state index in [2.05, 4.69) is 19.1 Å². The van der Waals surface area contributed by atoms with Crippen LogP contribution in [0.2, 0.25) is 0 Å². The fourth-order valence-corrected chi connectivity index (χ4v) is 1.64. The molecule has 2 aromatic rings. The molecule has 4 nitrogen and oxygen atoms in total.